The second-order valence-corrected chi connectivity index (χ2v) is 9.02. The molecule has 1 aromatic heterocycles. The first kappa shape index (κ1) is 23.4. The average Bonchev–Trinajstić information content (AvgIpc) is 3.12. The number of nitrogens with one attached hydrogen (secondary N) is 1. The Kier molecular flexibility index (Phi) is 8.17. The van der Waals surface area contributed by atoms with Crippen molar-refractivity contribution in [3.8, 4) is 10.6 Å². The summed E-state index contributed by atoms with van der Waals surface area (Å²) >= 11 is 1.47. The molecule has 7 nitrogen and oxygen atoms in total. The zero-order chi connectivity index (χ0) is 22.4. The van der Waals surface area contributed by atoms with Gasteiger partial charge in [-0.2, -0.15) is 0 Å². The largest absolute Gasteiger partial charge is 0.385 e. The lowest BCUT2D eigenvalue weighted by Gasteiger charge is -2.34. The maximum Gasteiger partial charge on any atom is 0.265 e. The SMILES string of the molecule is COCCCNC(=O)CN1CCN(C(=O)c2sc(-c3ccc(C)cc3C)nc2C)CC1. The van der Waals surface area contributed by atoms with E-state index in [2.05, 4.69) is 47.2 Å². The van der Waals surface area contributed by atoms with Crippen LogP contribution in [0.5, 0.6) is 0 Å². The van der Waals surface area contributed by atoms with E-state index >= 15 is 0 Å². The smallest absolute Gasteiger partial charge is 0.265 e. The summed E-state index contributed by atoms with van der Waals surface area (Å²) < 4.78 is 4.99. The third-order valence-electron chi connectivity index (χ3n) is 5.48. The van der Waals surface area contributed by atoms with Crippen LogP contribution in [0.4, 0.5) is 0 Å². The third kappa shape index (κ3) is 6.12. The number of benzene rings is 1. The summed E-state index contributed by atoms with van der Waals surface area (Å²) in [5.74, 6) is 0.0574. The molecule has 1 N–H and O–H groups in total. The van der Waals surface area contributed by atoms with E-state index < -0.39 is 0 Å². The van der Waals surface area contributed by atoms with E-state index in [1.165, 1.54) is 22.5 Å². The minimum absolute atomic E-state index is 0.0206. The highest BCUT2D eigenvalue weighted by Gasteiger charge is 2.26. The predicted molar refractivity (Wildman–Crippen MR) is 124 cm³/mol. The van der Waals surface area contributed by atoms with Crippen LogP contribution in [0, 0.1) is 20.8 Å². The van der Waals surface area contributed by atoms with E-state index in [9.17, 15) is 9.59 Å². The van der Waals surface area contributed by atoms with E-state index in [1.54, 1.807) is 7.11 Å². The van der Waals surface area contributed by atoms with Crippen LogP contribution < -0.4 is 5.32 Å². The normalized spacial score (nSPS) is 14.6. The van der Waals surface area contributed by atoms with Gasteiger partial charge in [-0.3, -0.25) is 14.5 Å². The molecule has 8 heteroatoms. The number of amides is 2. The van der Waals surface area contributed by atoms with Gasteiger partial charge < -0.3 is 15.0 Å². The van der Waals surface area contributed by atoms with Gasteiger partial charge >= 0.3 is 0 Å². The first-order chi connectivity index (χ1) is 14.9. The van der Waals surface area contributed by atoms with E-state index in [0.29, 0.717) is 50.8 Å². The molecule has 0 saturated carbocycles. The summed E-state index contributed by atoms with van der Waals surface area (Å²) in [6.07, 6.45) is 0.808. The van der Waals surface area contributed by atoms with Crippen molar-refractivity contribution >= 4 is 23.2 Å². The number of carbonyl (C=O) groups is 2. The minimum atomic E-state index is 0.0206. The van der Waals surface area contributed by atoms with Crippen molar-refractivity contribution in [1.82, 2.24) is 20.1 Å². The molecular weight excluding hydrogens is 412 g/mol. The van der Waals surface area contributed by atoms with Gasteiger partial charge in [-0.1, -0.05) is 23.8 Å². The summed E-state index contributed by atoms with van der Waals surface area (Å²) in [5, 5.41) is 3.80. The zero-order valence-electron chi connectivity index (χ0n) is 18.9. The second-order valence-electron chi connectivity index (χ2n) is 8.02. The maximum atomic E-state index is 13.1. The summed E-state index contributed by atoms with van der Waals surface area (Å²) in [5.41, 5.74) is 4.25. The van der Waals surface area contributed by atoms with Crippen LogP contribution in [0.15, 0.2) is 18.2 Å². The number of aryl methyl sites for hydroxylation is 3. The topological polar surface area (TPSA) is 74.8 Å². The average molecular weight is 445 g/mol. The van der Waals surface area contributed by atoms with Crippen LogP contribution >= 0.6 is 11.3 Å². The van der Waals surface area contributed by atoms with Crippen molar-refractivity contribution in [1.29, 1.82) is 0 Å². The lowest BCUT2D eigenvalue weighted by atomic mass is 10.1. The fourth-order valence-corrected chi connectivity index (χ4v) is 4.84. The van der Waals surface area contributed by atoms with Crippen LogP contribution in [0.25, 0.3) is 10.6 Å². The standard InChI is InChI=1S/C23H32N4O3S/c1-16-6-7-19(17(2)14-16)22-25-18(3)21(31-22)23(29)27-11-9-26(10-12-27)15-20(28)24-8-5-13-30-4/h6-7,14H,5,8-13,15H2,1-4H3,(H,24,28). The van der Waals surface area contributed by atoms with Gasteiger partial charge in [0, 0.05) is 52.0 Å². The molecule has 31 heavy (non-hydrogen) atoms. The van der Waals surface area contributed by atoms with Crippen molar-refractivity contribution in [3.63, 3.8) is 0 Å². The number of piperazine rings is 1. The minimum Gasteiger partial charge on any atom is -0.385 e. The zero-order valence-corrected chi connectivity index (χ0v) is 19.7. The monoisotopic (exact) mass is 444 g/mol. The number of hydrogen-bond acceptors (Lipinski definition) is 6. The Hall–Kier alpha value is -2.29. The van der Waals surface area contributed by atoms with Crippen LogP contribution in [0.3, 0.4) is 0 Å². The molecule has 1 aromatic carbocycles. The molecule has 168 valence electrons. The Labute approximate surface area is 188 Å². The summed E-state index contributed by atoms with van der Waals surface area (Å²) in [4.78, 5) is 34.5. The molecule has 0 atom stereocenters. The fraction of sp³-hybridized carbons (Fsp3) is 0.522. The van der Waals surface area contributed by atoms with Gasteiger partial charge in [-0.25, -0.2) is 4.98 Å². The number of methoxy groups -OCH3 is 1. The Morgan fingerprint density at radius 3 is 2.58 bits per heavy atom. The molecule has 0 radical (unpaired) electrons. The van der Waals surface area contributed by atoms with Crippen LogP contribution in [-0.2, 0) is 9.53 Å². The number of ether oxygens (including phenoxy) is 1. The maximum absolute atomic E-state index is 13.1. The van der Waals surface area contributed by atoms with E-state index in [4.69, 9.17) is 4.74 Å². The second kappa shape index (κ2) is 10.8. The highest BCUT2D eigenvalue weighted by molar-refractivity contribution is 7.17. The highest BCUT2D eigenvalue weighted by Crippen LogP contribution is 2.31. The van der Waals surface area contributed by atoms with Crippen molar-refractivity contribution in [2.24, 2.45) is 0 Å². The molecular formula is C23H32N4O3S. The van der Waals surface area contributed by atoms with Crippen molar-refractivity contribution in [2.75, 3.05) is 53.0 Å². The van der Waals surface area contributed by atoms with Crippen molar-refractivity contribution in [2.45, 2.75) is 27.2 Å². The molecule has 2 amide bonds. The molecule has 1 fully saturated rings. The Bertz CT molecular complexity index is 920. The number of hydrogen-bond donors (Lipinski definition) is 1. The molecule has 2 aromatic rings. The molecule has 0 spiro atoms. The van der Waals surface area contributed by atoms with Gasteiger partial charge in [0.05, 0.1) is 12.2 Å². The Balaban J connectivity index is 1.55. The van der Waals surface area contributed by atoms with Crippen molar-refractivity contribution < 1.29 is 14.3 Å². The van der Waals surface area contributed by atoms with Crippen LogP contribution in [0.2, 0.25) is 0 Å². The quantitative estimate of drug-likeness (QED) is 0.634. The summed E-state index contributed by atoms with van der Waals surface area (Å²) in [6.45, 7) is 10.3. The van der Waals surface area contributed by atoms with Gasteiger partial charge in [-0.15, -0.1) is 11.3 Å². The first-order valence-corrected chi connectivity index (χ1v) is 11.5. The Morgan fingerprint density at radius 1 is 1.16 bits per heavy atom. The number of aromatic nitrogens is 1. The third-order valence-corrected chi connectivity index (χ3v) is 6.66. The molecule has 1 aliphatic heterocycles. The van der Waals surface area contributed by atoms with Crippen LogP contribution in [-0.4, -0.2) is 79.6 Å². The van der Waals surface area contributed by atoms with Crippen molar-refractivity contribution in [3.05, 3.63) is 39.9 Å². The lowest BCUT2D eigenvalue weighted by molar-refractivity contribution is -0.122. The molecule has 0 bridgehead atoms. The predicted octanol–water partition coefficient (Wildman–Crippen LogP) is 2.65. The molecule has 3 rings (SSSR count). The van der Waals surface area contributed by atoms with Gasteiger partial charge in [-0.05, 0) is 32.8 Å². The number of thiazole rings is 1. The fourth-order valence-electron chi connectivity index (χ4n) is 3.72. The summed E-state index contributed by atoms with van der Waals surface area (Å²) in [6, 6.07) is 6.30. The molecule has 2 heterocycles. The van der Waals surface area contributed by atoms with Crippen LogP contribution in [0.1, 0.15) is 32.9 Å². The summed E-state index contributed by atoms with van der Waals surface area (Å²) in [7, 11) is 1.65. The highest BCUT2D eigenvalue weighted by atomic mass is 32.1. The lowest BCUT2D eigenvalue weighted by Crippen LogP contribution is -2.51. The number of rotatable bonds is 8. The van der Waals surface area contributed by atoms with Gasteiger partial charge in [0.2, 0.25) is 5.91 Å². The van der Waals surface area contributed by atoms with Gasteiger partial charge in [0.25, 0.3) is 5.91 Å². The van der Waals surface area contributed by atoms with E-state index in [0.717, 1.165) is 22.7 Å². The van der Waals surface area contributed by atoms with E-state index in [-0.39, 0.29) is 11.8 Å². The molecule has 0 aliphatic carbocycles. The Morgan fingerprint density at radius 2 is 1.90 bits per heavy atom. The number of nitrogens with zero attached hydrogens (tertiary/aromatic N) is 3. The number of carbonyl (C=O) groups excluding carboxylic acids is 2. The molecule has 0 unspecified atom stereocenters. The first-order valence-electron chi connectivity index (χ1n) is 10.7. The van der Waals surface area contributed by atoms with Gasteiger partial charge in [0.15, 0.2) is 0 Å². The van der Waals surface area contributed by atoms with E-state index in [1.807, 2.05) is 11.8 Å². The molecule has 1 aliphatic rings. The molecule has 1 saturated heterocycles. The van der Waals surface area contributed by atoms with Gasteiger partial charge in [0.1, 0.15) is 9.88 Å².